The summed E-state index contributed by atoms with van der Waals surface area (Å²) in [6.07, 6.45) is 6.83. The molecular formula is C19H23NO. The van der Waals surface area contributed by atoms with Crippen molar-refractivity contribution in [3.05, 3.63) is 54.1 Å². The van der Waals surface area contributed by atoms with Crippen LogP contribution in [0.2, 0.25) is 0 Å². The lowest BCUT2D eigenvalue weighted by Gasteiger charge is -2.22. The molecule has 2 aromatic carbocycles. The highest BCUT2D eigenvalue weighted by atomic mass is 16.5. The molecule has 0 heterocycles. The number of nitrogens with one attached hydrogen (secondary N) is 1. The smallest absolute Gasteiger partial charge is 0.127 e. The van der Waals surface area contributed by atoms with Gasteiger partial charge in [-0.15, -0.1) is 0 Å². The molecule has 2 nitrogen and oxygen atoms in total. The predicted molar refractivity (Wildman–Crippen MR) is 88.3 cm³/mol. The molecular weight excluding hydrogens is 258 g/mol. The number of anilines is 1. The van der Waals surface area contributed by atoms with Gasteiger partial charge in [-0.1, -0.05) is 31.4 Å². The Morgan fingerprint density at radius 2 is 1.38 bits per heavy atom. The molecule has 3 rings (SSSR count). The first-order valence-corrected chi connectivity index (χ1v) is 7.91. The third-order valence-electron chi connectivity index (χ3n) is 4.34. The Bertz CT molecular complexity index is 553. The number of hydrogen-bond acceptors (Lipinski definition) is 2. The zero-order chi connectivity index (χ0) is 14.5. The fourth-order valence-electron chi connectivity index (χ4n) is 3.07. The molecule has 0 saturated heterocycles. The van der Waals surface area contributed by atoms with Gasteiger partial charge in [-0.2, -0.15) is 0 Å². The van der Waals surface area contributed by atoms with Gasteiger partial charge >= 0.3 is 0 Å². The molecule has 0 aromatic heterocycles. The summed E-state index contributed by atoms with van der Waals surface area (Å²) in [6, 6.07) is 16.7. The highest BCUT2D eigenvalue weighted by molar-refractivity contribution is 5.46. The molecule has 1 saturated carbocycles. The molecule has 1 fully saturated rings. The van der Waals surface area contributed by atoms with E-state index in [1.165, 1.54) is 37.7 Å². The van der Waals surface area contributed by atoms with Gasteiger partial charge in [-0.05, 0) is 60.7 Å². The number of benzene rings is 2. The minimum Gasteiger partial charge on any atom is -0.457 e. The van der Waals surface area contributed by atoms with Gasteiger partial charge in [0.25, 0.3) is 0 Å². The van der Waals surface area contributed by atoms with Crippen LogP contribution in [-0.4, -0.2) is 7.05 Å². The van der Waals surface area contributed by atoms with Crippen molar-refractivity contribution in [2.75, 3.05) is 12.4 Å². The van der Waals surface area contributed by atoms with E-state index in [-0.39, 0.29) is 0 Å². The van der Waals surface area contributed by atoms with Gasteiger partial charge in [-0.3, -0.25) is 0 Å². The van der Waals surface area contributed by atoms with Crippen molar-refractivity contribution < 1.29 is 4.74 Å². The third-order valence-corrected chi connectivity index (χ3v) is 4.34. The van der Waals surface area contributed by atoms with E-state index in [9.17, 15) is 0 Å². The van der Waals surface area contributed by atoms with Crippen LogP contribution >= 0.6 is 0 Å². The fourth-order valence-corrected chi connectivity index (χ4v) is 3.07. The quantitative estimate of drug-likeness (QED) is 0.791. The van der Waals surface area contributed by atoms with Crippen LogP contribution in [0.1, 0.15) is 43.6 Å². The summed E-state index contributed by atoms with van der Waals surface area (Å²) >= 11 is 0. The molecule has 0 bridgehead atoms. The molecule has 21 heavy (non-hydrogen) atoms. The molecule has 1 aliphatic rings. The molecule has 2 aromatic rings. The van der Waals surface area contributed by atoms with Crippen molar-refractivity contribution in [2.45, 2.75) is 38.0 Å². The molecule has 0 radical (unpaired) electrons. The number of hydrogen-bond donors (Lipinski definition) is 1. The van der Waals surface area contributed by atoms with Crippen LogP contribution in [0.4, 0.5) is 5.69 Å². The lowest BCUT2D eigenvalue weighted by atomic mass is 9.84. The maximum absolute atomic E-state index is 5.89. The van der Waals surface area contributed by atoms with Crippen LogP contribution in [0.25, 0.3) is 0 Å². The minimum absolute atomic E-state index is 0.753. The highest BCUT2D eigenvalue weighted by Crippen LogP contribution is 2.33. The summed E-state index contributed by atoms with van der Waals surface area (Å²) < 4.78 is 5.89. The number of ether oxygens (including phenoxy) is 1. The average molecular weight is 281 g/mol. The van der Waals surface area contributed by atoms with E-state index in [2.05, 4.69) is 29.6 Å². The van der Waals surface area contributed by atoms with Crippen LogP contribution in [0.5, 0.6) is 11.5 Å². The van der Waals surface area contributed by atoms with Crippen molar-refractivity contribution in [2.24, 2.45) is 0 Å². The largest absolute Gasteiger partial charge is 0.457 e. The van der Waals surface area contributed by atoms with Crippen LogP contribution in [-0.2, 0) is 0 Å². The maximum atomic E-state index is 5.89. The van der Waals surface area contributed by atoms with E-state index in [1.807, 2.05) is 31.3 Å². The molecule has 110 valence electrons. The van der Waals surface area contributed by atoms with Crippen molar-refractivity contribution in [3.63, 3.8) is 0 Å². The van der Waals surface area contributed by atoms with E-state index in [0.29, 0.717) is 0 Å². The zero-order valence-electron chi connectivity index (χ0n) is 12.6. The normalized spacial score (nSPS) is 15.7. The van der Waals surface area contributed by atoms with Gasteiger partial charge in [-0.25, -0.2) is 0 Å². The molecule has 1 N–H and O–H groups in total. The predicted octanol–water partition coefficient (Wildman–Crippen LogP) is 5.57. The van der Waals surface area contributed by atoms with Crippen molar-refractivity contribution in [1.82, 2.24) is 0 Å². The van der Waals surface area contributed by atoms with Crippen molar-refractivity contribution >= 4 is 5.69 Å². The first kappa shape index (κ1) is 14.0. The molecule has 0 amide bonds. The Morgan fingerprint density at radius 3 is 1.95 bits per heavy atom. The van der Waals surface area contributed by atoms with Gasteiger partial charge in [0.2, 0.25) is 0 Å². The Hall–Kier alpha value is -1.96. The second-order valence-electron chi connectivity index (χ2n) is 5.78. The Kier molecular flexibility index (Phi) is 4.44. The SMILES string of the molecule is CNc1ccc(Oc2ccc(C3CCCCC3)cc2)cc1. The van der Waals surface area contributed by atoms with Crippen LogP contribution in [0, 0.1) is 0 Å². The lowest BCUT2D eigenvalue weighted by molar-refractivity contribution is 0.442. The van der Waals surface area contributed by atoms with Gasteiger partial charge in [0, 0.05) is 12.7 Å². The molecule has 0 atom stereocenters. The van der Waals surface area contributed by atoms with Crippen LogP contribution in [0.15, 0.2) is 48.5 Å². The molecule has 2 heteroatoms. The maximum Gasteiger partial charge on any atom is 0.127 e. The first-order valence-electron chi connectivity index (χ1n) is 7.91. The average Bonchev–Trinajstić information content (AvgIpc) is 2.57. The van der Waals surface area contributed by atoms with E-state index >= 15 is 0 Å². The van der Waals surface area contributed by atoms with Gasteiger partial charge < -0.3 is 10.1 Å². The summed E-state index contributed by atoms with van der Waals surface area (Å²) in [4.78, 5) is 0. The summed E-state index contributed by atoms with van der Waals surface area (Å²) in [5, 5.41) is 3.11. The monoisotopic (exact) mass is 281 g/mol. The van der Waals surface area contributed by atoms with E-state index in [4.69, 9.17) is 4.74 Å². The molecule has 0 aliphatic heterocycles. The summed E-state index contributed by atoms with van der Waals surface area (Å²) in [5.74, 6) is 2.54. The Balaban J connectivity index is 1.65. The fraction of sp³-hybridized carbons (Fsp3) is 0.368. The second kappa shape index (κ2) is 6.66. The minimum atomic E-state index is 0.753. The summed E-state index contributed by atoms with van der Waals surface area (Å²) in [5.41, 5.74) is 2.56. The topological polar surface area (TPSA) is 21.3 Å². The van der Waals surface area contributed by atoms with E-state index in [0.717, 1.165) is 23.1 Å². The lowest BCUT2D eigenvalue weighted by Crippen LogP contribution is -2.04. The summed E-state index contributed by atoms with van der Waals surface area (Å²) in [6.45, 7) is 0. The van der Waals surface area contributed by atoms with Gasteiger partial charge in [0.05, 0.1) is 0 Å². The molecule has 0 spiro atoms. The van der Waals surface area contributed by atoms with E-state index < -0.39 is 0 Å². The van der Waals surface area contributed by atoms with Crippen molar-refractivity contribution in [3.8, 4) is 11.5 Å². The molecule has 1 aliphatic carbocycles. The number of rotatable bonds is 4. The van der Waals surface area contributed by atoms with Gasteiger partial charge in [0.1, 0.15) is 11.5 Å². The third kappa shape index (κ3) is 3.57. The Labute approximate surface area is 127 Å². The Morgan fingerprint density at radius 1 is 0.810 bits per heavy atom. The first-order chi connectivity index (χ1) is 10.3. The van der Waals surface area contributed by atoms with Crippen molar-refractivity contribution in [1.29, 1.82) is 0 Å². The van der Waals surface area contributed by atoms with Crippen LogP contribution in [0.3, 0.4) is 0 Å². The van der Waals surface area contributed by atoms with Gasteiger partial charge in [0.15, 0.2) is 0 Å². The summed E-state index contributed by atoms with van der Waals surface area (Å²) in [7, 11) is 1.92. The zero-order valence-corrected chi connectivity index (χ0v) is 12.6. The highest BCUT2D eigenvalue weighted by Gasteiger charge is 2.15. The molecule has 0 unspecified atom stereocenters. The van der Waals surface area contributed by atoms with E-state index in [1.54, 1.807) is 0 Å². The standard InChI is InChI=1S/C19H23NO/c1-20-17-9-13-19(14-10-17)21-18-11-7-16(8-12-18)15-5-3-2-4-6-15/h7-15,20H,2-6H2,1H3. The van der Waals surface area contributed by atoms with Crippen LogP contribution < -0.4 is 10.1 Å². The second-order valence-corrected chi connectivity index (χ2v) is 5.78.